The van der Waals surface area contributed by atoms with Crippen LogP contribution in [0.25, 0.3) is 0 Å². The minimum Gasteiger partial charge on any atom is -0.396 e. The van der Waals surface area contributed by atoms with Crippen molar-refractivity contribution in [1.29, 1.82) is 0 Å². The third-order valence-corrected chi connectivity index (χ3v) is 6.27. The Labute approximate surface area is 182 Å². The van der Waals surface area contributed by atoms with Gasteiger partial charge in [-0.15, -0.1) is 0 Å². The molecule has 0 aliphatic carbocycles. The molecular weight excluding hydrogens is 358 g/mol. The summed E-state index contributed by atoms with van der Waals surface area (Å²) in [6.07, 6.45) is 28.3. The Morgan fingerprint density at radius 1 is 0.586 bits per heavy atom. The standard InChI is InChI=1S/C26H53NO2/c1-2-3-4-5-6-7-8-9-10-11-12-13-14-15-16-17-18-19-22-25(26(27)29)23-20-21-24-28/h25,28H,2-24H2,1H3,(H2,27,29). The molecule has 1 atom stereocenters. The number of amides is 1. The minimum absolute atomic E-state index is 0.0163. The summed E-state index contributed by atoms with van der Waals surface area (Å²) < 4.78 is 0. The van der Waals surface area contributed by atoms with Gasteiger partial charge in [0, 0.05) is 12.5 Å². The molecule has 0 aromatic rings. The SMILES string of the molecule is CCCCCCCCCCCCCCCCCCCCC(CCCCO)C(N)=O. The van der Waals surface area contributed by atoms with Gasteiger partial charge in [-0.2, -0.15) is 0 Å². The summed E-state index contributed by atoms with van der Waals surface area (Å²) in [5.41, 5.74) is 5.49. The Balaban J connectivity index is 3.24. The zero-order chi connectivity index (χ0) is 21.4. The fourth-order valence-corrected chi connectivity index (χ4v) is 4.22. The molecule has 0 aliphatic heterocycles. The topological polar surface area (TPSA) is 63.3 Å². The number of carbonyl (C=O) groups excluding carboxylic acids is 1. The van der Waals surface area contributed by atoms with Gasteiger partial charge >= 0.3 is 0 Å². The Morgan fingerprint density at radius 3 is 1.21 bits per heavy atom. The van der Waals surface area contributed by atoms with Gasteiger partial charge in [-0.1, -0.05) is 129 Å². The summed E-state index contributed by atoms with van der Waals surface area (Å²) >= 11 is 0. The van der Waals surface area contributed by atoms with Crippen molar-refractivity contribution < 1.29 is 9.90 Å². The Morgan fingerprint density at radius 2 is 0.897 bits per heavy atom. The predicted octanol–water partition coefficient (Wildman–Crippen LogP) is 7.68. The summed E-state index contributed by atoms with van der Waals surface area (Å²) in [5, 5.41) is 8.84. The molecule has 29 heavy (non-hydrogen) atoms. The van der Waals surface area contributed by atoms with E-state index in [4.69, 9.17) is 10.8 Å². The van der Waals surface area contributed by atoms with Crippen LogP contribution in [0.15, 0.2) is 0 Å². The summed E-state index contributed by atoms with van der Waals surface area (Å²) in [6.45, 7) is 2.50. The second-order valence-corrected chi connectivity index (χ2v) is 9.12. The Kier molecular flexibility index (Phi) is 23.2. The zero-order valence-electron chi connectivity index (χ0n) is 19.8. The van der Waals surface area contributed by atoms with Crippen molar-refractivity contribution in [3.63, 3.8) is 0 Å². The normalized spacial score (nSPS) is 12.3. The monoisotopic (exact) mass is 411 g/mol. The number of primary amides is 1. The summed E-state index contributed by atoms with van der Waals surface area (Å²) in [7, 11) is 0. The molecule has 0 saturated heterocycles. The lowest BCUT2D eigenvalue weighted by Gasteiger charge is -2.12. The fourth-order valence-electron chi connectivity index (χ4n) is 4.22. The third-order valence-electron chi connectivity index (χ3n) is 6.27. The highest BCUT2D eigenvalue weighted by Gasteiger charge is 2.14. The number of unbranched alkanes of at least 4 members (excludes halogenated alkanes) is 18. The number of rotatable bonds is 24. The first-order valence-electron chi connectivity index (χ1n) is 13.1. The van der Waals surface area contributed by atoms with E-state index >= 15 is 0 Å². The number of carbonyl (C=O) groups is 1. The molecule has 3 N–H and O–H groups in total. The average Bonchev–Trinajstić information content (AvgIpc) is 2.71. The molecule has 0 saturated carbocycles. The van der Waals surface area contributed by atoms with Crippen molar-refractivity contribution in [2.75, 3.05) is 6.61 Å². The molecule has 0 aliphatic rings. The van der Waals surface area contributed by atoms with Crippen LogP contribution in [-0.4, -0.2) is 17.6 Å². The van der Waals surface area contributed by atoms with E-state index in [0.717, 1.165) is 32.1 Å². The summed E-state index contributed by atoms with van der Waals surface area (Å²) in [6, 6.07) is 0. The molecule has 0 radical (unpaired) electrons. The van der Waals surface area contributed by atoms with E-state index in [1.54, 1.807) is 0 Å². The molecule has 0 heterocycles. The second-order valence-electron chi connectivity index (χ2n) is 9.12. The third kappa shape index (κ3) is 21.9. The second kappa shape index (κ2) is 23.7. The molecule has 3 nitrogen and oxygen atoms in total. The molecule has 0 aromatic heterocycles. The molecule has 0 fully saturated rings. The van der Waals surface area contributed by atoms with Crippen LogP contribution in [0.1, 0.15) is 148 Å². The maximum atomic E-state index is 11.5. The number of aliphatic hydroxyl groups is 1. The zero-order valence-corrected chi connectivity index (χ0v) is 19.8. The number of hydrogen-bond acceptors (Lipinski definition) is 2. The summed E-state index contributed by atoms with van der Waals surface area (Å²) in [4.78, 5) is 11.5. The van der Waals surface area contributed by atoms with Crippen molar-refractivity contribution in [2.24, 2.45) is 11.7 Å². The van der Waals surface area contributed by atoms with Gasteiger partial charge in [0.15, 0.2) is 0 Å². The number of aliphatic hydroxyl groups excluding tert-OH is 1. The van der Waals surface area contributed by atoms with Crippen molar-refractivity contribution in [3.05, 3.63) is 0 Å². The van der Waals surface area contributed by atoms with Gasteiger partial charge < -0.3 is 10.8 Å². The van der Waals surface area contributed by atoms with Crippen molar-refractivity contribution in [3.8, 4) is 0 Å². The van der Waals surface area contributed by atoms with Gasteiger partial charge in [0.1, 0.15) is 0 Å². The van der Waals surface area contributed by atoms with Gasteiger partial charge in [-0.3, -0.25) is 4.79 Å². The van der Waals surface area contributed by atoms with Crippen LogP contribution in [0.5, 0.6) is 0 Å². The Bertz CT molecular complexity index is 333. The first kappa shape index (κ1) is 28.4. The Hall–Kier alpha value is -0.570. The predicted molar refractivity (Wildman–Crippen MR) is 127 cm³/mol. The molecular formula is C26H53NO2. The van der Waals surface area contributed by atoms with E-state index in [1.165, 1.54) is 109 Å². The maximum Gasteiger partial charge on any atom is 0.220 e. The molecule has 1 amide bonds. The quantitative estimate of drug-likeness (QED) is 0.160. The lowest BCUT2D eigenvalue weighted by Crippen LogP contribution is -2.23. The molecule has 1 unspecified atom stereocenters. The van der Waals surface area contributed by atoms with E-state index in [0.29, 0.717) is 0 Å². The van der Waals surface area contributed by atoms with Gasteiger partial charge in [0.05, 0.1) is 0 Å². The lowest BCUT2D eigenvalue weighted by atomic mass is 9.94. The average molecular weight is 412 g/mol. The highest BCUT2D eigenvalue weighted by molar-refractivity contribution is 5.76. The van der Waals surface area contributed by atoms with E-state index in [-0.39, 0.29) is 18.4 Å². The van der Waals surface area contributed by atoms with E-state index in [1.807, 2.05) is 0 Å². The molecule has 0 aromatic carbocycles. The van der Waals surface area contributed by atoms with Gasteiger partial charge in [0.2, 0.25) is 5.91 Å². The highest BCUT2D eigenvalue weighted by atomic mass is 16.2. The smallest absolute Gasteiger partial charge is 0.220 e. The first-order valence-corrected chi connectivity index (χ1v) is 13.1. The van der Waals surface area contributed by atoms with Crippen LogP contribution in [0.4, 0.5) is 0 Å². The molecule has 174 valence electrons. The number of hydrogen-bond donors (Lipinski definition) is 2. The van der Waals surface area contributed by atoms with Crippen LogP contribution in [0, 0.1) is 5.92 Å². The van der Waals surface area contributed by atoms with E-state index in [2.05, 4.69) is 6.92 Å². The first-order chi connectivity index (χ1) is 14.2. The van der Waals surface area contributed by atoms with Gasteiger partial charge in [0.25, 0.3) is 0 Å². The number of nitrogens with two attached hydrogens (primary N) is 1. The molecule has 0 bridgehead atoms. The van der Waals surface area contributed by atoms with E-state index < -0.39 is 0 Å². The lowest BCUT2D eigenvalue weighted by molar-refractivity contribution is -0.122. The summed E-state index contributed by atoms with van der Waals surface area (Å²) in [5.74, 6) is -0.141. The van der Waals surface area contributed by atoms with Crippen LogP contribution in [0.2, 0.25) is 0 Å². The van der Waals surface area contributed by atoms with Crippen LogP contribution in [-0.2, 0) is 4.79 Å². The van der Waals surface area contributed by atoms with Crippen LogP contribution in [0.3, 0.4) is 0 Å². The highest BCUT2D eigenvalue weighted by Crippen LogP contribution is 2.18. The van der Waals surface area contributed by atoms with Crippen LogP contribution >= 0.6 is 0 Å². The van der Waals surface area contributed by atoms with Crippen molar-refractivity contribution in [2.45, 2.75) is 148 Å². The van der Waals surface area contributed by atoms with Gasteiger partial charge in [-0.25, -0.2) is 0 Å². The largest absolute Gasteiger partial charge is 0.396 e. The van der Waals surface area contributed by atoms with E-state index in [9.17, 15) is 4.79 Å². The van der Waals surface area contributed by atoms with Crippen molar-refractivity contribution in [1.82, 2.24) is 0 Å². The molecule has 0 spiro atoms. The van der Waals surface area contributed by atoms with Crippen LogP contribution < -0.4 is 5.73 Å². The van der Waals surface area contributed by atoms with Gasteiger partial charge in [-0.05, 0) is 19.3 Å². The fraction of sp³-hybridized carbons (Fsp3) is 0.962. The minimum atomic E-state index is -0.157. The molecule has 3 heteroatoms. The van der Waals surface area contributed by atoms with Crippen molar-refractivity contribution >= 4 is 5.91 Å². The molecule has 0 rings (SSSR count). The maximum absolute atomic E-state index is 11.5.